The van der Waals surface area contributed by atoms with Gasteiger partial charge in [0.1, 0.15) is 6.10 Å². The van der Waals surface area contributed by atoms with Gasteiger partial charge in [-0.05, 0) is 13.8 Å². The molecule has 0 bridgehead atoms. The van der Waals surface area contributed by atoms with Crippen LogP contribution in [0, 0.1) is 0 Å². The first-order valence-electron chi connectivity index (χ1n) is 3.45. The molecule has 58 valence electrons. The summed E-state index contributed by atoms with van der Waals surface area (Å²) in [6, 6.07) is 0. The quantitative estimate of drug-likeness (QED) is 0.533. The highest BCUT2D eigenvalue weighted by Gasteiger charge is 2.26. The average molecular weight is 144 g/mol. The Labute approximate surface area is 60.3 Å². The van der Waals surface area contributed by atoms with Gasteiger partial charge < -0.3 is 9.47 Å². The zero-order valence-electron chi connectivity index (χ0n) is 6.29. The lowest BCUT2D eigenvalue weighted by Crippen LogP contribution is -2.40. The lowest BCUT2D eigenvalue weighted by atomic mass is 10.1. The van der Waals surface area contributed by atoms with Crippen LogP contribution in [0.1, 0.15) is 13.8 Å². The van der Waals surface area contributed by atoms with Crippen LogP contribution in [0.3, 0.4) is 0 Å². The van der Waals surface area contributed by atoms with Crippen molar-refractivity contribution in [2.75, 3.05) is 13.2 Å². The molecule has 1 rings (SSSR count). The second-order valence-electron chi connectivity index (χ2n) is 2.48. The van der Waals surface area contributed by atoms with Crippen molar-refractivity contribution in [2.24, 2.45) is 0 Å². The fraction of sp³-hybridized carbons (Fsp3) is 0.857. The summed E-state index contributed by atoms with van der Waals surface area (Å²) < 4.78 is 10.4. The monoisotopic (exact) mass is 144 g/mol. The molecule has 2 atom stereocenters. The Hall–Kier alpha value is -0.410. The Kier molecular flexibility index (Phi) is 2.40. The number of ketones is 1. The van der Waals surface area contributed by atoms with E-state index in [2.05, 4.69) is 0 Å². The molecule has 0 aromatic carbocycles. The van der Waals surface area contributed by atoms with Crippen LogP contribution in [0.15, 0.2) is 0 Å². The standard InChI is InChI=1S/C7H12O3/c1-5(8)7-6(2)9-3-4-10-7/h6-7H,3-4H2,1-2H3/t6-,7+/m0/s1. The maximum absolute atomic E-state index is 10.8. The second-order valence-corrected chi connectivity index (χ2v) is 2.48. The molecule has 10 heavy (non-hydrogen) atoms. The smallest absolute Gasteiger partial charge is 0.161 e. The number of Topliss-reactive ketones (excluding diaryl/α,β-unsaturated/α-hetero) is 1. The van der Waals surface area contributed by atoms with Crippen LogP contribution in [0.5, 0.6) is 0 Å². The molecule has 0 spiro atoms. The van der Waals surface area contributed by atoms with Crippen LogP contribution < -0.4 is 0 Å². The van der Waals surface area contributed by atoms with Crippen molar-refractivity contribution in [3.8, 4) is 0 Å². The molecule has 1 aliphatic heterocycles. The van der Waals surface area contributed by atoms with Crippen molar-refractivity contribution < 1.29 is 14.3 Å². The first-order valence-corrected chi connectivity index (χ1v) is 3.45. The van der Waals surface area contributed by atoms with Gasteiger partial charge in [0, 0.05) is 0 Å². The summed E-state index contributed by atoms with van der Waals surface area (Å²) in [5.41, 5.74) is 0. The van der Waals surface area contributed by atoms with E-state index in [1.807, 2.05) is 6.92 Å². The van der Waals surface area contributed by atoms with E-state index >= 15 is 0 Å². The van der Waals surface area contributed by atoms with Crippen molar-refractivity contribution in [3.05, 3.63) is 0 Å². The molecule has 0 amide bonds. The minimum atomic E-state index is -0.339. The van der Waals surface area contributed by atoms with Crippen LogP contribution in [0.2, 0.25) is 0 Å². The number of hydrogen-bond donors (Lipinski definition) is 0. The van der Waals surface area contributed by atoms with Crippen LogP contribution in [0.25, 0.3) is 0 Å². The zero-order chi connectivity index (χ0) is 7.56. The molecule has 1 aliphatic rings. The molecule has 0 unspecified atom stereocenters. The molecular weight excluding hydrogens is 132 g/mol. The maximum atomic E-state index is 10.8. The van der Waals surface area contributed by atoms with Gasteiger partial charge in [-0.15, -0.1) is 0 Å². The summed E-state index contributed by atoms with van der Waals surface area (Å²) in [6.07, 6.45) is -0.417. The maximum Gasteiger partial charge on any atom is 0.161 e. The van der Waals surface area contributed by atoms with Crippen molar-refractivity contribution in [3.63, 3.8) is 0 Å². The second kappa shape index (κ2) is 3.12. The first kappa shape index (κ1) is 7.69. The number of ether oxygens (including phenoxy) is 2. The Morgan fingerprint density at radius 2 is 2.00 bits per heavy atom. The number of carbonyl (C=O) groups excluding carboxylic acids is 1. The average Bonchev–Trinajstić information content (AvgIpc) is 1.88. The van der Waals surface area contributed by atoms with E-state index in [0.717, 1.165) is 0 Å². The summed E-state index contributed by atoms with van der Waals surface area (Å²) in [6.45, 7) is 4.51. The van der Waals surface area contributed by atoms with Crippen LogP contribution >= 0.6 is 0 Å². The van der Waals surface area contributed by atoms with Gasteiger partial charge in [-0.1, -0.05) is 0 Å². The highest BCUT2D eigenvalue weighted by atomic mass is 16.6. The van der Waals surface area contributed by atoms with E-state index in [0.29, 0.717) is 13.2 Å². The van der Waals surface area contributed by atoms with Gasteiger partial charge in [0.05, 0.1) is 19.3 Å². The molecule has 1 saturated heterocycles. The number of carbonyl (C=O) groups is 1. The largest absolute Gasteiger partial charge is 0.373 e. The Morgan fingerprint density at radius 1 is 1.40 bits per heavy atom. The van der Waals surface area contributed by atoms with E-state index in [1.54, 1.807) is 0 Å². The van der Waals surface area contributed by atoms with Gasteiger partial charge in [-0.3, -0.25) is 4.79 Å². The van der Waals surface area contributed by atoms with Crippen LogP contribution in [-0.2, 0) is 14.3 Å². The highest BCUT2D eigenvalue weighted by molar-refractivity contribution is 5.81. The number of hydrogen-bond acceptors (Lipinski definition) is 3. The fourth-order valence-electron chi connectivity index (χ4n) is 1.08. The lowest BCUT2D eigenvalue weighted by Gasteiger charge is -2.27. The minimum Gasteiger partial charge on any atom is -0.373 e. The molecule has 0 saturated carbocycles. The first-order chi connectivity index (χ1) is 4.72. The van der Waals surface area contributed by atoms with E-state index in [9.17, 15) is 4.79 Å². The summed E-state index contributed by atoms with van der Waals surface area (Å²) in [4.78, 5) is 10.8. The molecule has 0 aromatic rings. The summed E-state index contributed by atoms with van der Waals surface area (Å²) in [5.74, 6) is 0.0483. The summed E-state index contributed by atoms with van der Waals surface area (Å²) in [7, 11) is 0. The van der Waals surface area contributed by atoms with E-state index in [1.165, 1.54) is 6.92 Å². The van der Waals surface area contributed by atoms with Crippen molar-refractivity contribution in [2.45, 2.75) is 26.1 Å². The Balaban J connectivity index is 2.47. The van der Waals surface area contributed by atoms with Crippen molar-refractivity contribution in [1.29, 1.82) is 0 Å². The molecule has 0 N–H and O–H groups in total. The molecule has 0 aromatic heterocycles. The molecule has 0 radical (unpaired) electrons. The van der Waals surface area contributed by atoms with Crippen LogP contribution in [-0.4, -0.2) is 31.2 Å². The van der Waals surface area contributed by atoms with Gasteiger partial charge in [0.25, 0.3) is 0 Å². The normalized spacial score (nSPS) is 33.8. The van der Waals surface area contributed by atoms with E-state index < -0.39 is 0 Å². The summed E-state index contributed by atoms with van der Waals surface area (Å²) in [5, 5.41) is 0. The molecule has 0 aliphatic carbocycles. The van der Waals surface area contributed by atoms with Gasteiger partial charge >= 0.3 is 0 Å². The van der Waals surface area contributed by atoms with Gasteiger partial charge in [-0.2, -0.15) is 0 Å². The number of rotatable bonds is 1. The lowest BCUT2D eigenvalue weighted by molar-refractivity contribution is -0.158. The SMILES string of the molecule is CC(=O)[C@H]1OCCO[C@H]1C. The summed E-state index contributed by atoms with van der Waals surface area (Å²) >= 11 is 0. The Bertz CT molecular complexity index is 133. The molecule has 3 heteroatoms. The van der Waals surface area contributed by atoms with Crippen molar-refractivity contribution in [1.82, 2.24) is 0 Å². The highest BCUT2D eigenvalue weighted by Crippen LogP contribution is 2.09. The predicted molar refractivity (Wildman–Crippen MR) is 35.8 cm³/mol. The van der Waals surface area contributed by atoms with E-state index in [-0.39, 0.29) is 18.0 Å². The minimum absolute atomic E-state index is 0.0483. The van der Waals surface area contributed by atoms with Gasteiger partial charge in [-0.25, -0.2) is 0 Å². The molecule has 1 heterocycles. The van der Waals surface area contributed by atoms with Gasteiger partial charge in [0.15, 0.2) is 5.78 Å². The van der Waals surface area contributed by atoms with Crippen molar-refractivity contribution >= 4 is 5.78 Å². The topological polar surface area (TPSA) is 35.5 Å². The predicted octanol–water partition coefficient (Wildman–Crippen LogP) is 0.379. The van der Waals surface area contributed by atoms with Gasteiger partial charge in [0.2, 0.25) is 0 Å². The zero-order valence-corrected chi connectivity index (χ0v) is 6.29. The third-order valence-corrected chi connectivity index (χ3v) is 1.59. The molecule has 1 fully saturated rings. The molecule has 3 nitrogen and oxygen atoms in total. The Morgan fingerprint density at radius 3 is 2.40 bits per heavy atom. The third-order valence-electron chi connectivity index (χ3n) is 1.59. The third kappa shape index (κ3) is 1.55. The van der Waals surface area contributed by atoms with Crippen LogP contribution in [0.4, 0.5) is 0 Å². The van der Waals surface area contributed by atoms with E-state index in [4.69, 9.17) is 9.47 Å². The fourth-order valence-corrected chi connectivity index (χ4v) is 1.08. The molecular formula is C7H12O3.